The molecule has 1 unspecified atom stereocenters. The third-order valence-corrected chi connectivity index (χ3v) is 5.36. The highest BCUT2D eigenvalue weighted by molar-refractivity contribution is 7.90. The molecule has 0 spiro atoms. The normalized spacial score (nSPS) is 19.5. The van der Waals surface area contributed by atoms with Crippen LogP contribution in [0.4, 0.5) is 4.39 Å². The second kappa shape index (κ2) is 7.03. The van der Waals surface area contributed by atoms with Gasteiger partial charge in [0.2, 0.25) is 0 Å². The second-order valence-electron chi connectivity index (χ2n) is 6.58. The maximum Gasteiger partial charge on any atom is 0.148 e. The number of rotatable bonds is 5. The molecule has 0 radical (unpaired) electrons. The van der Waals surface area contributed by atoms with Crippen molar-refractivity contribution in [2.24, 2.45) is 5.92 Å². The van der Waals surface area contributed by atoms with Gasteiger partial charge >= 0.3 is 0 Å². The van der Waals surface area contributed by atoms with Gasteiger partial charge in [-0.2, -0.15) is 5.10 Å². The summed E-state index contributed by atoms with van der Waals surface area (Å²) in [4.78, 5) is 2.25. The lowest BCUT2D eigenvalue weighted by Crippen LogP contribution is -2.37. The molecule has 0 bridgehead atoms. The molecule has 0 amide bonds. The van der Waals surface area contributed by atoms with Crippen molar-refractivity contribution in [3.63, 3.8) is 0 Å². The summed E-state index contributed by atoms with van der Waals surface area (Å²) < 4.78 is 38.3. The number of aromatic nitrogens is 2. The molecule has 0 N–H and O–H groups in total. The lowest BCUT2D eigenvalue weighted by molar-refractivity contribution is 0.178. The zero-order chi connectivity index (χ0) is 17.2. The fourth-order valence-corrected chi connectivity index (χ4v) is 4.46. The van der Waals surface area contributed by atoms with Gasteiger partial charge in [-0.1, -0.05) is 12.1 Å². The van der Waals surface area contributed by atoms with Gasteiger partial charge in [0.05, 0.1) is 11.9 Å². The molecule has 1 aliphatic rings. The Bertz CT molecular complexity index is 804. The van der Waals surface area contributed by atoms with Crippen LogP contribution in [0, 0.1) is 11.7 Å². The van der Waals surface area contributed by atoms with Gasteiger partial charge in [0.25, 0.3) is 0 Å². The van der Waals surface area contributed by atoms with E-state index in [4.69, 9.17) is 0 Å². The van der Waals surface area contributed by atoms with E-state index in [1.54, 1.807) is 29.1 Å². The maximum absolute atomic E-state index is 13.8. The van der Waals surface area contributed by atoms with E-state index in [1.807, 2.05) is 6.20 Å². The number of para-hydroxylation sites is 1. The molecule has 5 nitrogen and oxygen atoms in total. The van der Waals surface area contributed by atoms with Crippen molar-refractivity contribution in [1.29, 1.82) is 0 Å². The van der Waals surface area contributed by atoms with E-state index in [9.17, 15) is 12.8 Å². The molecule has 1 aromatic heterocycles. The fourth-order valence-electron chi connectivity index (χ4n) is 3.33. The number of piperidine rings is 1. The topological polar surface area (TPSA) is 55.2 Å². The number of hydrogen-bond donors (Lipinski definition) is 0. The minimum Gasteiger partial charge on any atom is -0.299 e. The first-order chi connectivity index (χ1) is 11.4. The van der Waals surface area contributed by atoms with Gasteiger partial charge in [0.1, 0.15) is 21.3 Å². The molecule has 1 aliphatic heterocycles. The summed E-state index contributed by atoms with van der Waals surface area (Å²) in [7, 11) is -2.94. The zero-order valence-electron chi connectivity index (χ0n) is 13.7. The molecule has 1 saturated heterocycles. The van der Waals surface area contributed by atoms with E-state index in [1.165, 1.54) is 12.3 Å². The van der Waals surface area contributed by atoms with Crippen molar-refractivity contribution in [1.82, 2.24) is 14.7 Å². The first kappa shape index (κ1) is 17.1. The lowest BCUT2D eigenvalue weighted by atomic mass is 10.00. The number of hydrogen-bond acceptors (Lipinski definition) is 4. The first-order valence-corrected chi connectivity index (χ1v) is 10.2. The molecular formula is C17H22FN3O2S. The SMILES string of the molecule is CS(=O)(=O)CC1CCCN(Cc2cnn(-c3ccccc3F)c2)C1. The van der Waals surface area contributed by atoms with E-state index in [2.05, 4.69) is 10.00 Å². The molecule has 0 aliphatic carbocycles. The Morgan fingerprint density at radius 2 is 2.12 bits per heavy atom. The Morgan fingerprint density at radius 1 is 1.33 bits per heavy atom. The third kappa shape index (κ3) is 4.42. The van der Waals surface area contributed by atoms with Crippen LogP contribution in [0.1, 0.15) is 18.4 Å². The first-order valence-electron chi connectivity index (χ1n) is 8.09. The van der Waals surface area contributed by atoms with Gasteiger partial charge in [-0.05, 0) is 37.4 Å². The third-order valence-electron chi connectivity index (χ3n) is 4.28. The summed E-state index contributed by atoms with van der Waals surface area (Å²) in [6.45, 7) is 2.43. The molecule has 2 aromatic rings. The summed E-state index contributed by atoms with van der Waals surface area (Å²) in [5.41, 5.74) is 1.43. The van der Waals surface area contributed by atoms with Gasteiger partial charge in [-0.25, -0.2) is 17.5 Å². The molecule has 1 aromatic carbocycles. The Balaban J connectivity index is 1.65. The molecule has 24 heavy (non-hydrogen) atoms. The number of likely N-dealkylation sites (tertiary alicyclic amines) is 1. The Morgan fingerprint density at radius 3 is 2.88 bits per heavy atom. The minimum atomic E-state index is -2.94. The molecule has 2 heterocycles. The lowest BCUT2D eigenvalue weighted by Gasteiger charge is -2.32. The van der Waals surface area contributed by atoms with Crippen LogP contribution in [-0.4, -0.2) is 48.2 Å². The van der Waals surface area contributed by atoms with Crippen LogP contribution in [0.3, 0.4) is 0 Å². The second-order valence-corrected chi connectivity index (χ2v) is 8.77. The highest BCUT2D eigenvalue weighted by Gasteiger charge is 2.23. The Hall–Kier alpha value is -1.73. The maximum atomic E-state index is 13.8. The van der Waals surface area contributed by atoms with Crippen molar-refractivity contribution in [2.75, 3.05) is 25.1 Å². The fraction of sp³-hybridized carbons (Fsp3) is 0.471. The molecular weight excluding hydrogens is 329 g/mol. The van der Waals surface area contributed by atoms with Crippen molar-refractivity contribution in [3.05, 3.63) is 48.0 Å². The monoisotopic (exact) mass is 351 g/mol. The average Bonchev–Trinajstić information content (AvgIpc) is 2.94. The summed E-state index contributed by atoms with van der Waals surface area (Å²) in [5, 5.41) is 4.25. The van der Waals surface area contributed by atoms with Crippen LogP contribution in [0.15, 0.2) is 36.7 Å². The average molecular weight is 351 g/mol. The van der Waals surface area contributed by atoms with E-state index < -0.39 is 9.84 Å². The van der Waals surface area contributed by atoms with Crippen LogP contribution in [0.2, 0.25) is 0 Å². The smallest absolute Gasteiger partial charge is 0.148 e. The summed E-state index contributed by atoms with van der Waals surface area (Å²) in [6.07, 6.45) is 6.83. The number of sulfone groups is 1. The molecule has 3 rings (SSSR count). The largest absolute Gasteiger partial charge is 0.299 e. The molecule has 130 valence electrons. The van der Waals surface area contributed by atoms with Gasteiger partial charge in [-0.3, -0.25) is 4.90 Å². The quantitative estimate of drug-likeness (QED) is 0.829. The highest BCUT2D eigenvalue weighted by Crippen LogP contribution is 2.20. The highest BCUT2D eigenvalue weighted by atomic mass is 32.2. The standard InChI is InChI=1S/C17H22FN3O2S/c1-24(22,23)13-14-5-4-8-20(10-14)11-15-9-19-21(12-15)17-7-3-2-6-16(17)18/h2-3,6-7,9,12,14H,4-5,8,10-11,13H2,1H3. The summed E-state index contributed by atoms with van der Waals surface area (Å²) in [6, 6.07) is 6.53. The Labute approximate surface area is 142 Å². The van der Waals surface area contributed by atoms with Gasteiger partial charge in [0, 0.05) is 31.1 Å². The number of benzene rings is 1. The Kier molecular flexibility index (Phi) is 5.01. The zero-order valence-corrected chi connectivity index (χ0v) is 14.5. The molecule has 0 saturated carbocycles. The van der Waals surface area contributed by atoms with Crippen molar-refractivity contribution >= 4 is 9.84 Å². The van der Waals surface area contributed by atoms with Crippen molar-refractivity contribution in [2.45, 2.75) is 19.4 Å². The van der Waals surface area contributed by atoms with Gasteiger partial charge in [-0.15, -0.1) is 0 Å². The van der Waals surface area contributed by atoms with Crippen LogP contribution < -0.4 is 0 Å². The molecule has 1 atom stereocenters. The predicted molar refractivity (Wildman–Crippen MR) is 91.2 cm³/mol. The van der Waals surface area contributed by atoms with E-state index in [-0.39, 0.29) is 17.5 Å². The van der Waals surface area contributed by atoms with E-state index >= 15 is 0 Å². The van der Waals surface area contributed by atoms with Gasteiger partial charge in [0.15, 0.2) is 0 Å². The van der Waals surface area contributed by atoms with Crippen LogP contribution >= 0.6 is 0 Å². The van der Waals surface area contributed by atoms with Crippen molar-refractivity contribution < 1.29 is 12.8 Å². The number of halogens is 1. The van der Waals surface area contributed by atoms with Crippen LogP contribution in [0.25, 0.3) is 5.69 Å². The summed E-state index contributed by atoms with van der Waals surface area (Å²) >= 11 is 0. The molecule has 1 fully saturated rings. The van der Waals surface area contributed by atoms with Crippen molar-refractivity contribution in [3.8, 4) is 5.69 Å². The van der Waals surface area contributed by atoms with E-state index in [0.29, 0.717) is 12.2 Å². The summed E-state index contributed by atoms with van der Waals surface area (Å²) in [5.74, 6) is 0.131. The van der Waals surface area contributed by atoms with Crippen LogP contribution in [0.5, 0.6) is 0 Å². The van der Waals surface area contributed by atoms with E-state index in [0.717, 1.165) is 31.5 Å². The number of nitrogens with zero attached hydrogens (tertiary/aromatic N) is 3. The van der Waals surface area contributed by atoms with Gasteiger partial charge < -0.3 is 0 Å². The predicted octanol–water partition coefficient (Wildman–Crippen LogP) is 2.27. The molecule has 7 heteroatoms. The van der Waals surface area contributed by atoms with Crippen LogP contribution in [-0.2, 0) is 16.4 Å². The minimum absolute atomic E-state index is 0.190.